The maximum Gasteiger partial charge on any atom is 0.257 e. The Labute approximate surface area is 123 Å². The van der Waals surface area contributed by atoms with Crippen molar-refractivity contribution in [1.29, 1.82) is 0 Å². The molecular weight excluding hydrogens is 306 g/mol. The van der Waals surface area contributed by atoms with E-state index in [4.69, 9.17) is 16.3 Å². The minimum absolute atomic E-state index is 0.284. The predicted octanol–water partition coefficient (Wildman–Crippen LogP) is 3.17. The number of nitrogens with zero attached hydrogens (tertiary/aromatic N) is 2. The van der Waals surface area contributed by atoms with Crippen LogP contribution < -0.4 is 10.1 Å². The van der Waals surface area contributed by atoms with Gasteiger partial charge in [-0.25, -0.2) is 0 Å². The number of anilines is 1. The molecule has 1 heterocycles. The van der Waals surface area contributed by atoms with Crippen LogP contribution in [0.5, 0.6) is 5.75 Å². The minimum atomic E-state index is -0.284. The lowest BCUT2D eigenvalue weighted by molar-refractivity contribution is 0.102. The molecule has 1 aromatic heterocycles. The summed E-state index contributed by atoms with van der Waals surface area (Å²) in [5.74, 6) is 0.243. The van der Waals surface area contributed by atoms with Crippen LogP contribution in [0.4, 0.5) is 5.13 Å². The average molecular weight is 316 g/mol. The first kappa shape index (κ1) is 14.1. The number of hydrogen-bond donors (Lipinski definition) is 1. The molecule has 0 saturated heterocycles. The van der Waals surface area contributed by atoms with Crippen LogP contribution in [0.3, 0.4) is 0 Å². The van der Waals surface area contributed by atoms with Crippen molar-refractivity contribution in [3.63, 3.8) is 0 Å². The first-order valence-corrected chi connectivity index (χ1v) is 7.58. The van der Waals surface area contributed by atoms with Crippen molar-refractivity contribution >= 4 is 45.7 Å². The lowest BCUT2D eigenvalue weighted by Crippen LogP contribution is -2.11. The maximum atomic E-state index is 12.0. The van der Waals surface area contributed by atoms with E-state index >= 15 is 0 Å². The zero-order valence-corrected chi connectivity index (χ0v) is 12.5. The molecule has 1 amide bonds. The molecule has 0 bridgehead atoms. The number of aromatic nitrogens is 2. The number of halogens is 1. The highest BCUT2D eigenvalue weighted by atomic mass is 35.5. The molecule has 0 fully saturated rings. The van der Waals surface area contributed by atoms with Gasteiger partial charge in [-0.15, -0.1) is 10.2 Å². The third-order valence-electron chi connectivity index (χ3n) is 2.22. The fourth-order valence-electron chi connectivity index (χ4n) is 1.32. The van der Waals surface area contributed by atoms with Gasteiger partial charge in [0.05, 0.1) is 12.1 Å². The lowest BCUT2D eigenvalue weighted by Gasteiger charge is -2.05. The van der Waals surface area contributed by atoms with Gasteiger partial charge in [0, 0.05) is 5.56 Å². The summed E-state index contributed by atoms with van der Waals surface area (Å²) in [5, 5.41) is 11.3. The zero-order valence-electron chi connectivity index (χ0n) is 10.1. The van der Waals surface area contributed by atoms with Crippen molar-refractivity contribution < 1.29 is 9.53 Å². The van der Waals surface area contributed by atoms with Crippen molar-refractivity contribution in [3.8, 4) is 5.75 Å². The summed E-state index contributed by atoms with van der Waals surface area (Å²) in [6, 6.07) is 4.83. The molecule has 0 aliphatic rings. The Morgan fingerprint density at radius 1 is 1.47 bits per heavy atom. The Morgan fingerprint density at radius 2 is 2.26 bits per heavy atom. The summed E-state index contributed by atoms with van der Waals surface area (Å²) >= 11 is 8.76. The molecule has 1 N–H and O–H groups in total. The van der Waals surface area contributed by atoms with Gasteiger partial charge in [0.1, 0.15) is 5.75 Å². The Bertz CT molecular complexity index is 603. The summed E-state index contributed by atoms with van der Waals surface area (Å²) in [6.07, 6.45) is 1.90. The Morgan fingerprint density at radius 3 is 2.84 bits per heavy atom. The number of carbonyl (C=O) groups excluding carboxylic acids is 1. The third kappa shape index (κ3) is 3.37. The van der Waals surface area contributed by atoms with E-state index in [1.807, 2.05) is 6.26 Å². The van der Waals surface area contributed by atoms with Crippen molar-refractivity contribution in [2.75, 3.05) is 18.7 Å². The lowest BCUT2D eigenvalue weighted by atomic mass is 10.2. The molecule has 1 aromatic carbocycles. The van der Waals surface area contributed by atoms with Crippen LogP contribution in [0.1, 0.15) is 10.4 Å². The molecule has 2 aromatic rings. The van der Waals surface area contributed by atoms with Gasteiger partial charge >= 0.3 is 0 Å². The summed E-state index contributed by atoms with van der Waals surface area (Å²) in [6.45, 7) is 0. The molecule has 0 unspecified atom stereocenters. The van der Waals surface area contributed by atoms with Gasteiger partial charge in [0.2, 0.25) is 5.13 Å². The maximum absolute atomic E-state index is 12.0. The molecule has 0 spiro atoms. The van der Waals surface area contributed by atoms with Crippen molar-refractivity contribution in [3.05, 3.63) is 28.8 Å². The molecule has 0 radical (unpaired) electrons. The van der Waals surface area contributed by atoms with E-state index in [-0.39, 0.29) is 5.91 Å². The number of carbonyl (C=O) groups is 1. The van der Waals surface area contributed by atoms with Crippen molar-refractivity contribution in [2.45, 2.75) is 4.34 Å². The van der Waals surface area contributed by atoms with Crippen LogP contribution in [0.2, 0.25) is 5.02 Å². The fourth-order valence-corrected chi connectivity index (χ4v) is 2.74. The second kappa shape index (κ2) is 6.23. The molecule has 19 heavy (non-hydrogen) atoms. The molecule has 100 valence electrons. The summed E-state index contributed by atoms with van der Waals surface area (Å²) in [7, 11) is 1.52. The number of hydrogen-bond acceptors (Lipinski definition) is 6. The quantitative estimate of drug-likeness (QED) is 0.693. The number of amides is 1. The topological polar surface area (TPSA) is 64.1 Å². The van der Waals surface area contributed by atoms with E-state index in [1.54, 1.807) is 18.2 Å². The van der Waals surface area contributed by atoms with Gasteiger partial charge in [0.25, 0.3) is 5.91 Å². The van der Waals surface area contributed by atoms with Crippen LogP contribution in [0.15, 0.2) is 22.5 Å². The highest BCUT2D eigenvalue weighted by Gasteiger charge is 2.12. The number of rotatable bonds is 4. The van der Waals surface area contributed by atoms with Gasteiger partial charge in [-0.3, -0.25) is 10.1 Å². The largest absolute Gasteiger partial charge is 0.495 e. The van der Waals surface area contributed by atoms with Crippen LogP contribution in [0, 0.1) is 0 Å². The molecule has 0 atom stereocenters. The minimum Gasteiger partial charge on any atom is -0.495 e. The number of methoxy groups -OCH3 is 1. The van der Waals surface area contributed by atoms with Crippen LogP contribution in [-0.4, -0.2) is 29.5 Å². The molecule has 0 saturated carbocycles. The average Bonchev–Trinajstić information content (AvgIpc) is 2.86. The third-order valence-corrected chi connectivity index (χ3v) is 4.33. The van der Waals surface area contributed by atoms with Gasteiger partial charge in [-0.1, -0.05) is 34.7 Å². The van der Waals surface area contributed by atoms with Gasteiger partial charge in [-0.2, -0.15) is 0 Å². The molecule has 0 aliphatic carbocycles. The molecule has 8 heteroatoms. The molecular formula is C11H10ClN3O2S2. The number of thioether (sulfide) groups is 1. The van der Waals surface area contributed by atoms with Crippen molar-refractivity contribution in [2.24, 2.45) is 0 Å². The highest BCUT2D eigenvalue weighted by Crippen LogP contribution is 2.26. The SMILES string of the molecule is COc1ccc(C(=O)Nc2nnc(SC)s2)cc1Cl. The Kier molecular flexibility index (Phi) is 4.62. The summed E-state index contributed by atoms with van der Waals surface area (Å²) < 4.78 is 5.82. The smallest absolute Gasteiger partial charge is 0.257 e. The van der Waals surface area contributed by atoms with Crippen LogP contribution in [0.25, 0.3) is 0 Å². The second-order valence-electron chi connectivity index (χ2n) is 3.38. The summed E-state index contributed by atoms with van der Waals surface area (Å²) in [5.41, 5.74) is 0.437. The fraction of sp³-hybridized carbons (Fsp3) is 0.182. The second-order valence-corrected chi connectivity index (χ2v) is 5.82. The summed E-state index contributed by atoms with van der Waals surface area (Å²) in [4.78, 5) is 12.0. The normalized spacial score (nSPS) is 10.3. The highest BCUT2D eigenvalue weighted by molar-refractivity contribution is 8.00. The number of nitrogens with one attached hydrogen (secondary N) is 1. The van der Waals surface area contributed by atoms with Crippen molar-refractivity contribution in [1.82, 2.24) is 10.2 Å². The Hall–Kier alpha value is -1.31. The van der Waals surface area contributed by atoms with E-state index in [2.05, 4.69) is 15.5 Å². The van der Waals surface area contributed by atoms with E-state index in [0.29, 0.717) is 21.5 Å². The first-order valence-electron chi connectivity index (χ1n) is 5.16. The zero-order chi connectivity index (χ0) is 13.8. The van der Waals surface area contributed by atoms with Gasteiger partial charge in [0.15, 0.2) is 4.34 Å². The Balaban J connectivity index is 2.13. The van der Waals surface area contributed by atoms with E-state index in [1.165, 1.54) is 30.2 Å². The number of ether oxygens (including phenoxy) is 1. The first-order chi connectivity index (χ1) is 9.13. The monoisotopic (exact) mass is 315 g/mol. The molecule has 0 aliphatic heterocycles. The number of benzene rings is 1. The van der Waals surface area contributed by atoms with Gasteiger partial charge in [-0.05, 0) is 24.5 Å². The standard InChI is InChI=1S/C11H10ClN3O2S2/c1-17-8-4-3-6(5-7(8)12)9(16)13-10-14-15-11(18-2)19-10/h3-5H,1-2H3,(H,13,14,16). The van der Waals surface area contributed by atoms with Crippen LogP contribution >= 0.6 is 34.7 Å². The molecule has 5 nitrogen and oxygen atoms in total. The van der Waals surface area contributed by atoms with Gasteiger partial charge < -0.3 is 4.74 Å². The van der Waals surface area contributed by atoms with E-state index < -0.39 is 0 Å². The van der Waals surface area contributed by atoms with Crippen LogP contribution in [-0.2, 0) is 0 Å². The predicted molar refractivity (Wildman–Crippen MR) is 77.6 cm³/mol. The van der Waals surface area contributed by atoms with E-state index in [9.17, 15) is 4.79 Å². The van der Waals surface area contributed by atoms with E-state index in [0.717, 1.165) is 4.34 Å². The molecule has 2 rings (SSSR count).